The molecule has 1 aliphatic rings. The van der Waals surface area contributed by atoms with E-state index < -0.39 is 0 Å². The quantitative estimate of drug-likeness (QED) is 0.384. The van der Waals surface area contributed by atoms with Gasteiger partial charge in [-0.25, -0.2) is 4.68 Å². The summed E-state index contributed by atoms with van der Waals surface area (Å²) in [5, 5.41) is 13.7. The van der Waals surface area contributed by atoms with Crippen LogP contribution in [0.5, 0.6) is 11.5 Å². The SMILES string of the molecule is CCCC(c1nnnn1C(C)(C)C)N(Cc1cccnc1)Cc1cc2cc3c(cc2[nH]c1=O)OCCO3. The highest BCUT2D eigenvalue weighted by atomic mass is 16.6. The van der Waals surface area contributed by atoms with E-state index >= 15 is 0 Å². The molecule has 194 valence electrons. The van der Waals surface area contributed by atoms with E-state index in [9.17, 15) is 4.79 Å². The lowest BCUT2D eigenvalue weighted by molar-refractivity contribution is 0.148. The Balaban J connectivity index is 1.56. The number of tetrazole rings is 1. The molecular weight excluding hydrogens is 470 g/mol. The monoisotopic (exact) mass is 503 g/mol. The molecule has 10 nitrogen and oxygen atoms in total. The number of hydrogen-bond donors (Lipinski definition) is 1. The van der Waals surface area contributed by atoms with Crippen molar-refractivity contribution in [1.82, 2.24) is 35.1 Å². The molecule has 1 N–H and O–H groups in total. The molecule has 3 aromatic heterocycles. The molecule has 1 aromatic carbocycles. The fourth-order valence-electron chi connectivity index (χ4n) is 4.75. The van der Waals surface area contributed by atoms with Gasteiger partial charge in [-0.2, -0.15) is 0 Å². The van der Waals surface area contributed by atoms with Crippen molar-refractivity contribution < 1.29 is 9.47 Å². The van der Waals surface area contributed by atoms with Crippen LogP contribution in [0.25, 0.3) is 10.9 Å². The van der Waals surface area contributed by atoms with Gasteiger partial charge < -0.3 is 14.5 Å². The highest BCUT2D eigenvalue weighted by Gasteiger charge is 2.30. The zero-order valence-electron chi connectivity index (χ0n) is 21.8. The predicted octanol–water partition coefficient (Wildman–Crippen LogP) is 3.98. The number of pyridine rings is 2. The third-order valence-electron chi connectivity index (χ3n) is 6.50. The van der Waals surface area contributed by atoms with Crippen molar-refractivity contribution in [1.29, 1.82) is 0 Å². The zero-order chi connectivity index (χ0) is 26.0. The second-order valence-electron chi connectivity index (χ2n) is 10.4. The highest BCUT2D eigenvalue weighted by molar-refractivity contribution is 5.83. The molecule has 0 saturated heterocycles. The number of H-pyrrole nitrogens is 1. The van der Waals surface area contributed by atoms with Crippen LogP contribution >= 0.6 is 0 Å². The van der Waals surface area contributed by atoms with Crippen LogP contribution in [-0.2, 0) is 18.6 Å². The van der Waals surface area contributed by atoms with Crippen molar-refractivity contribution in [2.75, 3.05) is 13.2 Å². The van der Waals surface area contributed by atoms with E-state index in [1.165, 1.54) is 0 Å². The summed E-state index contributed by atoms with van der Waals surface area (Å²) in [6.45, 7) is 10.4. The second kappa shape index (κ2) is 10.3. The predicted molar refractivity (Wildman–Crippen MR) is 140 cm³/mol. The van der Waals surface area contributed by atoms with Crippen LogP contribution in [0.3, 0.4) is 0 Å². The van der Waals surface area contributed by atoms with Crippen LogP contribution in [0.15, 0.2) is 47.5 Å². The van der Waals surface area contributed by atoms with Crippen LogP contribution in [0.4, 0.5) is 0 Å². The van der Waals surface area contributed by atoms with Crippen LogP contribution in [0, 0.1) is 0 Å². The van der Waals surface area contributed by atoms with E-state index in [0.29, 0.717) is 43.4 Å². The van der Waals surface area contributed by atoms with E-state index in [2.05, 4.69) is 58.1 Å². The average Bonchev–Trinajstić information content (AvgIpc) is 3.37. The first kappa shape index (κ1) is 24.9. The molecule has 10 heteroatoms. The summed E-state index contributed by atoms with van der Waals surface area (Å²) in [6.07, 6.45) is 5.39. The van der Waals surface area contributed by atoms with Gasteiger partial charge in [0.05, 0.1) is 17.1 Å². The molecule has 0 amide bonds. The number of fused-ring (bicyclic) bond motifs is 2. The van der Waals surface area contributed by atoms with Crippen molar-refractivity contribution in [3.63, 3.8) is 0 Å². The lowest BCUT2D eigenvalue weighted by atomic mass is 10.0. The minimum Gasteiger partial charge on any atom is -0.486 e. The van der Waals surface area contributed by atoms with E-state index in [-0.39, 0.29) is 17.1 Å². The molecule has 0 radical (unpaired) electrons. The van der Waals surface area contributed by atoms with Gasteiger partial charge in [-0.05, 0) is 61.4 Å². The van der Waals surface area contributed by atoms with E-state index in [1.54, 1.807) is 6.20 Å². The molecule has 0 fully saturated rings. The van der Waals surface area contributed by atoms with Crippen molar-refractivity contribution in [2.24, 2.45) is 0 Å². The first-order valence-electron chi connectivity index (χ1n) is 12.7. The first-order chi connectivity index (χ1) is 17.8. The number of nitrogens with one attached hydrogen (secondary N) is 1. The zero-order valence-corrected chi connectivity index (χ0v) is 21.8. The average molecular weight is 504 g/mol. The molecule has 0 spiro atoms. The Morgan fingerprint density at radius 2 is 1.92 bits per heavy atom. The van der Waals surface area contributed by atoms with Crippen LogP contribution in [0.1, 0.15) is 63.5 Å². The third-order valence-corrected chi connectivity index (χ3v) is 6.50. The molecule has 0 saturated carbocycles. The van der Waals surface area contributed by atoms with Gasteiger partial charge >= 0.3 is 0 Å². The fraction of sp³-hybridized carbons (Fsp3) is 0.444. The van der Waals surface area contributed by atoms with Crippen molar-refractivity contribution in [3.8, 4) is 11.5 Å². The Labute approximate surface area is 215 Å². The van der Waals surface area contributed by atoms with Crippen molar-refractivity contribution in [2.45, 2.75) is 65.2 Å². The molecule has 0 bridgehead atoms. The molecule has 1 unspecified atom stereocenters. The van der Waals surface area contributed by atoms with E-state index in [0.717, 1.165) is 35.1 Å². The Hall–Kier alpha value is -3.79. The Kier molecular flexibility index (Phi) is 6.92. The number of aromatic amines is 1. The fourth-order valence-corrected chi connectivity index (χ4v) is 4.75. The van der Waals surface area contributed by atoms with Gasteiger partial charge in [0, 0.05) is 42.5 Å². The van der Waals surface area contributed by atoms with Crippen LogP contribution < -0.4 is 15.0 Å². The highest BCUT2D eigenvalue weighted by Crippen LogP contribution is 2.34. The summed E-state index contributed by atoms with van der Waals surface area (Å²) in [5.74, 6) is 2.13. The lowest BCUT2D eigenvalue weighted by Crippen LogP contribution is -2.35. The summed E-state index contributed by atoms with van der Waals surface area (Å²) in [6, 6.07) is 9.57. The smallest absolute Gasteiger partial charge is 0.252 e. The lowest BCUT2D eigenvalue weighted by Gasteiger charge is -2.32. The number of benzene rings is 1. The van der Waals surface area contributed by atoms with Gasteiger partial charge in [0.1, 0.15) is 13.2 Å². The summed E-state index contributed by atoms with van der Waals surface area (Å²) in [5.41, 5.74) is 2.01. The summed E-state index contributed by atoms with van der Waals surface area (Å²) in [4.78, 5) is 22.9. The summed E-state index contributed by atoms with van der Waals surface area (Å²) in [7, 11) is 0. The normalized spacial score (nSPS) is 14.3. The number of hydrogen-bond acceptors (Lipinski definition) is 8. The first-order valence-corrected chi connectivity index (χ1v) is 12.7. The number of ether oxygens (including phenoxy) is 2. The Bertz CT molecular complexity index is 1430. The molecular formula is C27H33N7O3. The molecule has 1 aliphatic heterocycles. The molecule has 4 heterocycles. The molecule has 37 heavy (non-hydrogen) atoms. The maximum absolute atomic E-state index is 13.3. The standard InChI is InChI=1S/C27H33N7O3/c1-5-7-22(25-30-31-32-34(25)27(2,3)4)33(16-18-8-6-9-28-15-18)17-20-12-19-13-23-24(37-11-10-36-23)14-21(19)29-26(20)35/h6,8-9,12-15,22H,5,7,10-11,16-17H2,1-4H3,(H,29,35). The largest absolute Gasteiger partial charge is 0.486 e. The van der Waals surface area contributed by atoms with E-state index in [1.807, 2.05) is 41.2 Å². The topological polar surface area (TPSA) is 111 Å². The Morgan fingerprint density at radius 3 is 2.62 bits per heavy atom. The van der Waals surface area contributed by atoms with Crippen LogP contribution in [0.2, 0.25) is 0 Å². The second-order valence-corrected chi connectivity index (χ2v) is 10.4. The van der Waals surface area contributed by atoms with Gasteiger partial charge in [0.15, 0.2) is 17.3 Å². The summed E-state index contributed by atoms with van der Waals surface area (Å²) < 4.78 is 13.3. The maximum atomic E-state index is 13.3. The molecule has 0 aliphatic carbocycles. The molecule has 1 atom stereocenters. The molecule has 4 aromatic rings. The van der Waals surface area contributed by atoms with Crippen molar-refractivity contribution in [3.05, 3.63) is 70.0 Å². The number of rotatable bonds is 8. The van der Waals surface area contributed by atoms with Gasteiger partial charge in [-0.1, -0.05) is 19.4 Å². The number of nitrogens with zero attached hydrogens (tertiary/aromatic N) is 6. The van der Waals surface area contributed by atoms with E-state index in [4.69, 9.17) is 9.47 Å². The van der Waals surface area contributed by atoms with Gasteiger partial charge in [0.25, 0.3) is 5.56 Å². The minimum absolute atomic E-state index is 0.102. The molecule has 5 rings (SSSR count). The van der Waals surface area contributed by atoms with Gasteiger partial charge in [0.2, 0.25) is 0 Å². The third kappa shape index (κ3) is 5.34. The minimum atomic E-state index is -0.285. The Morgan fingerprint density at radius 1 is 1.14 bits per heavy atom. The van der Waals surface area contributed by atoms with Gasteiger partial charge in [-0.3, -0.25) is 14.7 Å². The maximum Gasteiger partial charge on any atom is 0.252 e. The summed E-state index contributed by atoms with van der Waals surface area (Å²) >= 11 is 0. The van der Waals surface area contributed by atoms with Gasteiger partial charge in [-0.15, -0.1) is 5.10 Å². The van der Waals surface area contributed by atoms with Crippen molar-refractivity contribution >= 4 is 10.9 Å². The van der Waals surface area contributed by atoms with Crippen LogP contribution in [-0.4, -0.2) is 48.3 Å². The number of aromatic nitrogens is 6.